The largest absolute Gasteiger partial charge is 0.296 e. The third kappa shape index (κ3) is 2.27. The van der Waals surface area contributed by atoms with Crippen LogP contribution in [0.15, 0.2) is 64.4 Å². The Morgan fingerprint density at radius 1 is 0.655 bits per heavy atom. The Labute approximate surface area is 165 Å². The van der Waals surface area contributed by atoms with E-state index in [1.54, 1.807) is 18.2 Å². The number of nitrogens with one attached hydrogen (secondary N) is 1. The smallest absolute Gasteiger partial charge is 0.238 e. The molecule has 0 spiro atoms. The summed E-state index contributed by atoms with van der Waals surface area (Å²) in [6.45, 7) is 0. The van der Waals surface area contributed by atoms with Crippen molar-refractivity contribution in [2.45, 2.75) is 9.79 Å². The van der Waals surface area contributed by atoms with Gasteiger partial charge in [0.05, 0.1) is 39.1 Å². The molecule has 3 fully saturated rings. The van der Waals surface area contributed by atoms with Gasteiger partial charge >= 0.3 is 0 Å². The third-order valence-corrected chi connectivity index (χ3v) is 7.65. The van der Waals surface area contributed by atoms with Gasteiger partial charge in [-0.3, -0.25) is 29.4 Å². The summed E-state index contributed by atoms with van der Waals surface area (Å²) in [5.74, 6) is -5.40. The Morgan fingerprint density at radius 2 is 1.14 bits per heavy atom. The first-order valence-electron chi connectivity index (χ1n) is 8.95. The molecule has 29 heavy (non-hydrogen) atoms. The van der Waals surface area contributed by atoms with Gasteiger partial charge in [0.2, 0.25) is 33.5 Å². The number of fused-ring (bicyclic) bond motifs is 4. The summed E-state index contributed by atoms with van der Waals surface area (Å²) >= 11 is 0. The van der Waals surface area contributed by atoms with Crippen LogP contribution in [0.1, 0.15) is 0 Å². The van der Waals surface area contributed by atoms with E-state index in [4.69, 9.17) is 0 Å². The molecule has 9 heteroatoms. The zero-order valence-electron chi connectivity index (χ0n) is 14.8. The lowest BCUT2D eigenvalue weighted by molar-refractivity contribution is -0.146. The van der Waals surface area contributed by atoms with E-state index in [0.29, 0.717) is 0 Å². The standard InChI is InChI=1S/C20H14N2O6S/c23-17-13-14(18(24)21-17)16-15(13)19(25)22(20(16)26)10-6-8-12(9-7-10)29(27,28)11-4-2-1-3-5-11/h1-9,13-16H,(H,21,23,24). The fraction of sp³-hybridized carbons (Fsp3) is 0.200. The summed E-state index contributed by atoms with van der Waals surface area (Å²) in [7, 11) is -3.73. The lowest BCUT2D eigenvalue weighted by Crippen LogP contribution is -2.50. The zero-order chi connectivity index (χ0) is 20.5. The molecule has 2 heterocycles. The number of rotatable bonds is 3. The van der Waals surface area contributed by atoms with Gasteiger partial charge in [0.1, 0.15) is 0 Å². The minimum Gasteiger partial charge on any atom is -0.296 e. The number of hydrogen-bond donors (Lipinski definition) is 1. The summed E-state index contributed by atoms with van der Waals surface area (Å²) in [5, 5.41) is 2.18. The van der Waals surface area contributed by atoms with Crippen molar-refractivity contribution in [1.29, 1.82) is 0 Å². The first-order chi connectivity index (χ1) is 13.8. The minimum atomic E-state index is -3.73. The second-order valence-corrected chi connectivity index (χ2v) is 9.23. The summed E-state index contributed by atoms with van der Waals surface area (Å²) in [6.07, 6.45) is 0. The van der Waals surface area contributed by atoms with E-state index in [2.05, 4.69) is 5.32 Å². The summed E-state index contributed by atoms with van der Waals surface area (Å²) in [6, 6.07) is 13.3. The van der Waals surface area contributed by atoms with Crippen LogP contribution in [0.2, 0.25) is 0 Å². The minimum absolute atomic E-state index is 0.0286. The molecule has 4 atom stereocenters. The molecule has 1 aliphatic carbocycles. The van der Waals surface area contributed by atoms with Crippen LogP contribution in [0.25, 0.3) is 0 Å². The molecule has 0 aromatic heterocycles. The van der Waals surface area contributed by atoms with E-state index >= 15 is 0 Å². The van der Waals surface area contributed by atoms with Gasteiger partial charge in [-0.1, -0.05) is 18.2 Å². The molecule has 0 bridgehead atoms. The Morgan fingerprint density at radius 3 is 1.66 bits per heavy atom. The van der Waals surface area contributed by atoms with E-state index in [1.807, 2.05) is 0 Å². The molecule has 0 radical (unpaired) electrons. The van der Waals surface area contributed by atoms with Gasteiger partial charge in [0, 0.05) is 0 Å². The van der Waals surface area contributed by atoms with Crippen molar-refractivity contribution in [3.8, 4) is 0 Å². The fourth-order valence-electron chi connectivity index (χ4n) is 4.47. The van der Waals surface area contributed by atoms with Crippen LogP contribution in [0.4, 0.5) is 5.69 Å². The maximum atomic E-state index is 12.8. The van der Waals surface area contributed by atoms with Gasteiger partial charge in [-0.25, -0.2) is 8.42 Å². The monoisotopic (exact) mass is 410 g/mol. The highest BCUT2D eigenvalue weighted by molar-refractivity contribution is 7.91. The zero-order valence-corrected chi connectivity index (χ0v) is 15.6. The highest BCUT2D eigenvalue weighted by Crippen LogP contribution is 2.55. The molecule has 3 aliphatic rings. The van der Waals surface area contributed by atoms with Crippen LogP contribution in [0.5, 0.6) is 0 Å². The highest BCUT2D eigenvalue weighted by atomic mass is 32.2. The van der Waals surface area contributed by atoms with Crippen LogP contribution in [-0.4, -0.2) is 32.0 Å². The highest BCUT2D eigenvalue weighted by Gasteiger charge is 2.71. The number of amides is 4. The van der Waals surface area contributed by atoms with Crippen molar-refractivity contribution in [2.24, 2.45) is 23.7 Å². The van der Waals surface area contributed by atoms with Crippen LogP contribution in [-0.2, 0) is 29.0 Å². The van der Waals surface area contributed by atoms with Crippen molar-refractivity contribution in [2.75, 3.05) is 4.90 Å². The van der Waals surface area contributed by atoms with Crippen LogP contribution >= 0.6 is 0 Å². The predicted molar refractivity (Wildman–Crippen MR) is 97.9 cm³/mol. The summed E-state index contributed by atoms with van der Waals surface area (Å²) in [5.41, 5.74) is 0.215. The molecule has 2 aromatic carbocycles. The van der Waals surface area contributed by atoms with Gasteiger partial charge in [0.25, 0.3) is 0 Å². The molecule has 4 amide bonds. The van der Waals surface area contributed by atoms with Crippen molar-refractivity contribution in [3.05, 3.63) is 54.6 Å². The maximum Gasteiger partial charge on any atom is 0.238 e. The molecule has 1 N–H and O–H groups in total. The SMILES string of the molecule is O=C1NC(=O)C2C1C1C(=O)N(c3ccc(S(=O)(=O)c4ccccc4)cc3)C(=O)C21. The Kier molecular flexibility index (Phi) is 3.57. The molecule has 146 valence electrons. The predicted octanol–water partition coefficient (Wildman–Crippen LogP) is 0.527. The second kappa shape index (κ2) is 5.84. The molecular weight excluding hydrogens is 396 g/mol. The molecule has 1 saturated carbocycles. The summed E-state index contributed by atoms with van der Waals surface area (Å²) in [4.78, 5) is 50.4. The topological polar surface area (TPSA) is 118 Å². The number of sulfone groups is 1. The van der Waals surface area contributed by atoms with Crippen LogP contribution in [0.3, 0.4) is 0 Å². The first kappa shape index (κ1) is 17.7. The fourth-order valence-corrected chi connectivity index (χ4v) is 5.76. The average Bonchev–Trinajstić information content (AvgIpc) is 3.03. The van der Waals surface area contributed by atoms with E-state index in [1.165, 1.54) is 36.4 Å². The van der Waals surface area contributed by atoms with Crippen molar-refractivity contribution in [3.63, 3.8) is 0 Å². The first-order valence-corrected chi connectivity index (χ1v) is 10.4. The molecular formula is C20H14N2O6S. The van der Waals surface area contributed by atoms with Gasteiger partial charge in [-0.05, 0) is 36.4 Å². The second-order valence-electron chi connectivity index (χ2n) is 7.28. The van der Waals surface area contributed by atoms with Gasteiger partial charge in [-0.2, -0.15) is 0 Å². The number of carbonyl (C=O) groups is 4. The Balaban J connectivity index is 1.46. The number of benzene rings is 2. The van der Waals surface area contributed by atoms with Gasteiger partial charge < -0.3 is 0 Å². The van der Waals surface area contributed by atoms with E-state index < -0.39 is 57.1 Å². The molecule has 5 rings (SSSR count). The number of nitrogens with zero attached hydrogens (tertiary/aromatic N) is 1. The van der Waals surface area contributed by atoms with Gasteiger partial charge in [-0.15, -0.1) is 0 Å². The average molecular weight is 410 g/mol. The Hall–Kier alpha value is -3.33. The number of anilines is 1. The lowest BCUT2D eigenvalue weighted by Gasteiger charge is -2.36. The van der Waals surface area contributed by atoms with Gasteiger partial charge in [0.15, 0.2) is 0 Å². The molecule has 2 saturated heterocycles. The van der Waals surface area contributed by atoms with Crippen LogP contribution < -0.4 is 10.2 Å². The number of hydrogen-bond acceptors (Lipinski definition) is 6. The quantitative estimate of drug-likeness (QED) is 0.738. The van der Waals surface area contributed by atoms with Crippen molar-refractivity contribution < 1.29 is 27.6 Å². The van der Waals surface area contributed by atoms with E-state index in [9.17, 15) is 27.6 Å². The van der Waals surface area contributed by atoms with E-state index in [-0.39, 0.29) is 15.5 Å². The molecule has 8 nitrogen and oxygen atoms in total. The molecule has 2 aliphatic heterocycles. The molecule has 4 unspecified atom stereocenters. The number of carbonyl (C=O) groups excluding carboxylic acids is 4. The molecule has 2 aromatic rings. The van der Waals surface area contributed by atoms with E-state index in [0.717, 1.165) is 4.90 Å². The summed E-state index contributed by atoms with van der Waals surface area (Å²) < 4.78 is 25.4. The Bertz CT molecular complexity index is 1150. The van der Waals surface area contributed by atoms with Crippen molar-refractivity contribution in [1.82, 2.24) is 5.32 Å². The maximum absolute atomic E-state index is 12.8. The van der Waals surface area contributed by atoms with Crippen molar-refractivity contribution >= 4 is 39.2 Å². The third-order valence-electron chi connectivity index (χ3n) is 5.87. The normalized spacial score (nSPS) is 28.1. The lowest BCUT2D eigenvalue weighted by atomic mass is 9.59. The number of imide groups is 2. The van der Waals surface area contributed by atoms with Crippen LogP contribution in [0, 0.1) is 23.7 Å².